The number of ether oxygens (including phenoxy) is 2. The molecule has 0 aliphatic carbocycles. The lowest BCUT2D eigenvalue weighted by Gasteiger charge is -2.09. The Morgan fingerprint density at radius 1 is 1.12 bits per heavy atom. The lowest BCUT2D eigenvalue weighted by Crippen LogP contribution is -2.30. The van der Waals surface area contributed by atoms with E-state index in [9.17, 15) is 13.2 Å². The molecule has 0 saturated heterocycles. The van der Waals surface area contributed by atoms with E-state index in [1.165, 1.54) is 13.2 Å². The average molecular weight is 369 g/mol. The van der Waals surface area contributed by atoms with Gasteiger partial charge in [0, 0.05) is 11.3 Å². The van der Waals surface area contributed by atoms with Crippen LogP contribution >= 0.6 is 11.3 Å². The van der Waals surface area contributed by atoms with E-state index in [2.05, 4.69) is 4.72 Å². The topological polar surface area (TPSA) is 81.7 Å². The van der Waals surface area contributed by atoms with Gasteiger partial charge in [0.1, 0.15) is 4.21 Å². The molecule has 2 aromatic rings. The van der Waals surface area contributed by atoms with E-state index in [1.807, 2.05) is 13.0 Å². The summed E-state index contributed by atoms with van der Waals surface area (Å²) in [5.41, 5.74) is 0.854. The summed E-state index contributed by atoms with van der Waals surface area (Å²) < 4.78 is 36.8. The van der Waals surface area contributed by atoms with Crippen LogP contribution in [0, 0.1) is 6.92 Å². The molecular formula is C16H19NO5S2. The van der Waals surface area contributed by atoms with Crippen molar-refractivity contribution in [2.75, 3.05) is 14.2 Å². The number of hydrogen-bond donors (Lipinski definition) is 1. The molecule has 0 unspecified atom stereocenters. The van der Waals surface area contributed by atoms with Crippen LogP contribution in [-0.2, 0) is 21.2 Å². The second-order valence-electron chi connectivity index (χ2n) is 5.08. The fraction of sp³-hybridized carbons (Fsp3) is 0.312. The molecule has 0 fully saturated rings. The number of nitrogens with one attached hydrogen (secondary N) is 1. The summed E-state index contributed by atoms with van der Waals surface area (Å²) in [5.74, 6) is 0.620. The quantitative estimate of drug-likeness (QED) is 0.811. The van der Waals surface area contributed by atoms with Crippen molar-refractivity contribution in [1.29, 1.82) is 0 Å². The third-order valence-corrected chi connectivity index (χ3v) is 6.18. The Morgan fingerprint density at radius 3 is 2.42 bits per heavy atom. The molecule has 1 N–H and O–H groups in total. The molecule has 0 saturated carbocycles. The van der Waals surface area contributed by atoms with Crippen LogP contribution in [0.25, 0.3) is 0 Å². The number of carbonyl (C=O) groups excluding carboxylic acids is 1. The van der Waals surface area contributed by atoms with E-state index >= 15 is 0 Å². The van der Waals surface area contributed by atoms with E-state index in [1.54, 1.807) is 25.3 Å². The third kappa shape index (κ3) is 4.48. The standard InChI is InChI=1S/C16H19NO5S2/c1-11-4-9-16(23-11)24(19,20)17-15(18)8-6-12-5-7-13(21-2)14(10-12)22-3/h4-5,7,9-10H,6,8H2,1-3H3,(H,17,18). The number of hydrogen-bond acceptors (Lipinski definition) is 6. The van der Waals surface area contributed by atoms with Gasteiger partial charge in [-0.15, -0.1) is 11.3 Å². The lowest BCUT2D eigenvalue weighted by atomic mass is 10.1. The highest BCUT2D eigenvalue weighted by atomic mass is 32.2. The van der Waals surface area contributed by atoms with E-state index < -0.39 is 15.9 Å². The zero-order valence-corrected chi connectivity index (χ0v) is 15.3. The predicted molar refractivity (Wildman–Crippen MR) is 92.3 cm³/mol. The number of sulfonamides is 1. The first-order valence-electron chi connectivity index (χ1n) is 7.18. The minimum atomic E-state index is -3.79. The van der Waals surface area contributed by atoms with E-state index in [0.717, 1.165) is 21.8 Å². The highest BCUT2D eigenvalue weighted by molar-refractivity contribution is 7.92. The Hall–Kier alpha value is -2.06. The molecule has 1 amide bonds. The van der Waals surface area contributed by atoms with Crippen molar-refractivity contribution >= 4 is 27.3 Å². The van der Waals surface area contributed by atoms with Gasteiger partial charge in [0.25, 0.3) is 10.0 Å². The Kier molecular flexibility index (Phi) is 5.84. The monoisotopic (exact) mass is 369 g/mol. The summed E-state index contributed by atoms with van der Waals surface area (Å²) >= 11 is 1.13. The van der Waals surface area contributed by atoms with Gasteiger partial charge in [-0.25, -0.2) is 13.1 Å². The van der Waals surface area contributed by atoms with Crippen LogP contribution in [0.15, 0.2) is 34.5 Å². The number of aryl methyl sites for hydroxylation is 2. The van der Waals surface area contributed by atoms with Crippen molar-refractivity contribution in [2.45, 2.75) is 24.0 Å². The van der Waals surface area contributed by atoms with Crippen LogP contribution in [0.1, 0.15) is 16.9 Å². The molecule has 6 nitrogen and oxygen atoms in total. The zero-order chi connectivity index (χ0) is 17.7. The van der Waals surface area contributed by atoms with Gasteiger partial charge >= 0.3 is 0 Å². The first kappa shape index (κ1) is 18.3. The molecule has 1 heterocycles. The number of amides is 1. The van der Waals surface area contributed by atoms with Crippen molar-refractivity contribution in [3.63, 3.8) is 0 Å². The lowest BCUT2D eigenvalue weighted by molar-refractivity contribution is -0.119. The molecular weight excluding hydrogens is 350 g/mol. The van der Waals surface area contributed by atoms with Crippen molar-refractivity contribution in [3.8, 4) is 11.5 Å². The summed E-state index contributed by atoms with van der Waals surface area (Å²) in [7, 11) is -0.717. The fourth-order valence-electron chi connectivity index (χ4n) is 2.10. The smallest absolute Gasteiger partial charge is 0.273 e. The number of benzene rings is 1. The van der Waals surface area contributed by atoms with Gasteiger partial charge in [0.15, 0.2) is 11.5 Å². The normalized spacial score (nSPS) is 11.1. The maximum Gasteiger partial charge on any atom is 0.273 e. The second kappa shape index (κ2) is 7.67. The molecule has 0 aliphatic heterocycles. The Labute approximate surface area is 145 Å². The van der Waals surface area contributed by atoms with Crippen LogP contribution in [-0.4, -0.2) is 28.5 Å². The summed E-state index contributed by atoms with van der Waals surface area (Å²) in [6.07, 6.45) is 0.449. The molecule has 0 atom stereocenters. The Bertz CT molecular complexity index is 827. The van der Waals surface area contributed by atoms with E-state index in [0.29, 0.717) is 17.9 Å². The number of rotatable bonds is 7. The van der Waals surface area contributed by atoms with Gasteiger partial charge in [0.2, 0.25) is 5.91 Å². The highest BCUT2D eigenvalue weighted by Crippen LogP contribution is 2.28. The molecule has 2 rings (SSSR count). The average Bonchev–Trinajstić information content (AvgIpc) is 2.99. The van der Waals surface area contributed by atoms with E-state index in [-0.39, 0.29) is 10.6 Å². The van der Waals surface area contributed by atoms with Crippen molar-refractivity contribution in [2.24, 2.45) is 0 Å². The van der Waals surface area contributed by atoms with Gasteiger partial charge in [-0.3, -0.25) is 4.79 Å². The summed E-state index contributed by atoms with van der Waals surface area (Å²) in [4.78, 5) is 12.8. The second-order valence-corrected chi connectivity index (χ2v) is 8.28. The predicted octanol–water partition coefficient (Wildman–Crippen LogP) is 2.51. The molecule has 24 heavy (non-hydrogen) atoms. The Balaban J connectivity index is 1.98. The van der Waals surface area contributed by atoms with Crippen LogP contribution in [0.5, 0.6) is 11.5 Å². The van der Waals surface area contributed by atoms with Gasteiger partial charge in [-0.1, -0.05) is 6.07 Å². The minimum Gasteiger partial charge on any atom is -0.493 e. The third-order valence-electron chi connectivity index (χ3n) is 3.32. The first-order chi connectivity index (χ1) is 11.4. The van der Waals surface area contributed by atoms with Crippen LogP contribution in [0.3, 0.4) is 0 Å². The van der Waals surface area contributed by atoms with Crippen molar-refractivity contribution < 1.29 is 22.7 Å². The molecule has 0 bridgehead atoms. The Morgan fingerprint density at radius 2 is 1.83 bits per heavy atom. The maximum absolute atomic E-state index is 12.1. The molecule has 8 heteroatoms. The fourth-order valence-corrected chi connectivity index (χ4v) is 4.40. The number of thiophene rings is 1. The van der Waals surface area contributed by atoms with Gasteiger partial charge in [-0.2, -0.15) is 0 Å². The van der Waals surface area contributed by atoms with Crippen LogP contribution < -0.4 is 14.2 Å². The summed E-state index contributed by atoms with van der Waals surface area (Å²) in [5, 5.41) is 0. The minimum absolute atomic E-state index is 0.0546. The molecule has 130 valence electrons. The summed E-state index contributed by atoms with van der Waals surface area (Å²) in [6.45, 7) is 1.81. The SMILES string of the molecule is COc1ccc(CCC(=O)NS(=O)(=O)c2ccc(C)s2)cc1OC. The largest absolute Gasteiger partial charge is 0.493 e. The molecule has 0 aliphatic rings. The van der Waals surface area contributed by atoms with Crippen LogP contribution in [0.2, 0.25) is 0 Å². The first-order valence-corrected chi connectivity index (χ1v) is 9.48. The summed E-state index contributed by atoms with van der Waals surface area (Å²) in [6, 6.07) is 8.52. The number of carbonyl (C=O) groups is 1. The highest BCUT2D eigenvalue weighted by Gasteiger charge is 2.19. The molecule has 0 spiro atoms. The number of methoxy groups -OCH3 is 2. The van der Waals surface area contributed by atoms with Gasteiger partial charge in [-0.05, 0) is 43.2 Å². The van der Waals surface area contributed by atoms with Crippen molar-refractivity contribution in [3.05, 3.63) is 40.8 Å². The van der Waals surface area contributed by atoms with Crippen molar-refractivity contribution in [1.82, 2.24) is 4.72 Å². The zero-order valence-electron chi connectivity index (χ0n) is 13.7. The van der Waals surface area contributed by atoms with E-state index in [4.69, 9.17) is 9.47 Å². The van der Waals surface area contributed by atoms with Crippen LogP contribution in [0.4, 0.5) is 0 Å². The molecule has 0 radical (unpaired) electrons. The van der Waals surface area contributed by atoms with Gasteiger partial charge in [0.05, 0.1) is 14.2 Å². The molecule has 1 aromatic carbocycles. The van der Waals surface area contributed by atoms with Gasteiger partial charge < -0.3 is 9.47 Å². The molecule has 1 aromatic heterocycles. The maximum atomic E-state index is 12.1.